The summed E-state index contributed by atoms with van der Waals surface area (Å²) in [5.74, 6) is 0.805. The lowest BCUT2D eigenvalue weighted by Crippen LogP contribution is -2.36. The van der Waals surface area contributed by atoms with Crippen LogP contribution < -0.4 is 4.90 Å². The van der Waals surface area contributed by atoms with Gasteiger partial charge in [-0.15, -0.1) is 0 Å². The monoisotopic (exact) mass is 193 g/mol. The first-order chi connectivity index (χ1) is 6.90. The number of rotatable bonds is 2. The molecule has 1 saturated heterocycles. The summed E-state index contributed by atoms with van der Waals surface area (Å²) >= 11 is 0. The van der Waals surface area contributed by atoms with E-state index in [0.717, 1.165) is 32.1 Å². The van der Waals surface area contributed by atoms with Crippen molar-refractivity contribution in [3.63, 3.8) is 0 Å². The Hall–Kier alpha value is -1.49. The van der Waals surface area contributed by atoms with Crippen LogP contribution in [0.5, 0.6) is 0 Å². The maximum Gasteiger partial charge on any atom is 0.170 e. The zero-order chi connectivity index (χ0) is 9.80. The minimum absolute atomic E-state index is 0.363. The van der Waals surface area contributed by atoms with E-state index in [1.165, 1.54) is 6.20 Å². The molecule has 74 valence electrons. The molecule has 5 heteroatoms. The van der Waals surface area contributed by atoms with Crippen LogP contribution in [0.15, 0.2) is 12.4 Å². The highest BCUT2D eigenvalue weighted by Crippen LogP contribution is 2.10. The molecule has 1 aliphatic heterocycles. The quantitative estimate of drug-likeness (QED) is 0.625. The molecule has 0 saturated carbocycles. The predicted octanol–water partition coefficient (Wildman–Crippen LogP) is 0.126. The van der Waals surface area contributed by atoms with Crippen molar-refractivity contribution in [2.45, 2.75) is 0 Å². The van der Waals surface area contributed by atoms with Gasteiger partial charge in [-0.3, -0.25) is 4.79 Å². The van der Waals surface area contributed by atoms with Gasteiger partial charge in [-0.25, -0.2) is 9.97 Å². The van der Waals surface area contributed by atoms with E-state index in [2.05, 4.69) is 14.9 Å². The van der Waals surface area contributed by atoms with Gasteiger partial charge in [0, 0.05) is 13.1 Å². The van der Waals surface area contributed by atoms with Crippen molar-refractivity contribution in [1.82, 2.24) is 9.97 Å². The number of carbonyl (C=O) groups is 1. The number of morpholine rings is 1. The molecule has 0 amide bonds. The minimum atomic E-state index is 0.363. The lowest BCUT2D eigenvalue weighted by molar-refractivity contribution is 0.111. The van der Waals surface area contributed by atoms with Crippen molar-refractivity contribution in [2.75, 3.05) is 31.2 Å². The second kappa shape index (κ2) is 4.15. The highest BCUT2D eigenvalue weighted by Gasteiger charge is 2.12. The second-order valence-corrected chi connectivity index (χ2v) is 3.02. The molecule has 2 heterocycles. The van der Waals surface area contributed by atoms with E-state index in [9.17, 15) is 4.79 Å². The van der Waals surface area contributed by atoms with Crippen molar-refractivity contribution in [3.05, 3.63) is 18.1 Å². The first-order valence-corrected chi connectivity index (χ1v) is 4.50. The summed E-state index contributed by atoms with van der Waals surface area (Å²) in [7, 11) is 0. The van der Waals surface area contributed by atoms with Crippen molar-refractivity contribution in [3.8, 4) is 0 Å². The van der Waals surface area contributed by atoms with Crippen LogP contribution in [0.2, 0.25) is 0 Å². The standard InChI is InChI=1S/C9H11N3O2/c13-7-8-5-11-9(6-10-8)12-1-3-14-4-2-12/h5-7H,1-4H2. The fourth-order valence-electron chi connectivity index (χ4n) is 1.35. The van der Waals surface area contributed by atoms with Gasteiger partial charge in [0.1, 0.15) is 11.5 Å². The second-order valence-electron chi connectivity index (χ2n) is 3.02. The molecule has 0 aliphatic carbocycles. The van der Waals surface area contributed by atoms with Crippen LogP contribution in [0.1, 0.15) is 10.5 Å². The summed E-state index contributed by atoms with van der Waals surface area (Å²) in [6, 6.07) is 0. The molecule has 0 unspecified atom stereocenters. The summed E-state index contributed by atoms with van der Waals surface area (Å²) in [5.41, 5.74) is 0.363. The Balaban J connectivity index is 2.11. The van der Waals surface area contributed by atoms with Crippen LogP contribution in [0.3, 0.4) is 0 Å². The van der Waals surface area contributed by atoms with E-state index in [1.54, 1.807) is 6.20 Å². The number of hydrogen-bond acceptors (Lipinski definition) is 5. The average Bonchev–Trinajstić information content (AvgIpc) is 2.30. The maximum atomic E-state index is 10.4. The molecule has 0 N–H and O–H groups in total. The molecule has 2 rings (SSSR count). The molecule has 0 radical (unpaired) electrons. The zero-order valence-corrected chi connectivity index (χ0v) is 7.72. The molecule has 5 nitrogen and oxygen atoms in total. The molecule has 1 aromatic rings. The van der Waals surface area contributed by atoms with Crippen LogP contribution in [-0.4, -0.2) is 42.6 Å². The number of hydrogen-bond donors (Lipinski definition) is 0. The topological polar surface area (TPSA) is 55.3 Å². The van der Waals surface area contributed by atoms with E-state index < -0.39 is 0 Å². The number of anilines is 1. The van der Waals surface area contributed by atoms with Crippen molar-refractivity contribution in [2.24, 2.45) is 0 Å². The molecular formula is C9H11N3O2. The third-order valence-electron chi connectivity index (χ3n) is 2.11. The first-order valence-electron chi connectivity index (χ1n) is 4.50. The molecule has 1 aromatic heterocycles. The maximum absolute atomic E-state index is 10.4. The first kappa shape index (κ1) is 9.08. The Morgan fingerprint density at radius 3 is 2.64 bits per heavy atom. The molecule has 1 fully saturated rings. The van der Waals surface area contributed by atoms with Gasteiger partial charge in [0.05, 0.1) is 25.6 Å². The zero-order valence-electron chi connectivity index (χ0n) is 7.72. The van der Waals surface area contributed by atoms with Crippen LogP contribution >= 0.6 is 0 Å². The van der Waals surface area contributed by atoms with Crippen LogP contribution in [-0.2, 0) is 4.74 Å². The Morgan fingerprint density at radius 1 is 1.29 bits per heavy atom. The van der Waals surface area contributed by atoms with E-state index in [-0.39, 0.29) is 0 Å². The molecule has 14 heavy (non-hydrogen) atoms. The molecule has 0 aromatic carbocycles. The Labute approximate surface area is 81.7 Å². The third kappa shape index (κ3) is 1.88. The van der Waals surface area contributed by atoms with Gasteiger partial charge in [0.15, 0.2) is 6.29 Å². The molecule has 0 bridgehead atoms. The summed E-state index contributed by atoms with van der Waals surface area (Å²) in [4.78, 5) is 20.6. The third-order valence-corrected chi connectivity index (χ3v) is 2.11. The summed E-state index contributed by atoms with van der Waals surface area (Å²) in [6.45, 7) is 3.10. The van der Waals surface area contributed by atoms with Crippen molar-refractivity contribution >= 4 is 12.1 Å². The predicted molar refractivity (Wildman–Crippen MR) is 50.5 cm³/mol. The van der Waals surface area contributed by atoms with Gasteiger partial charge in [-0.1, -0.05) is 0 Å². The van der Waals surface area contributed by atoms with E-state index >= 15 is 0 Å². The fourth-order valence-corrected chi connectivity index (χ4v) is 1.35. The smallest absolute Gasteiger partial charge is 0.170 e. The number of ether oxygens (including phenoxy) is 1. The van der Waals surface area contributed by atoms with Gasteiger partial charge in [0.2, 0.25) is 0 Å². The fraction of sp³-hybridized carbons (Fsp3) is 0.444. The SMILES string of the molecule is O=Cc1cnc(N2CCOCC2)cn1. The molecule has 0 spiro atoms. The van der Waals surface area contributed by atoms with Crippen LogP contribution in [0, 0.1) is 0 Å². The molecule has 0 atom stereocenters. The van der Waals surface area contributed by atoms with Crippen molar-refractivity contribution < 1.29 is 9.53 Å². The number of carbonyl (C=O) groups excluding carboxylic acids is 1. The van der Waals surface area contributed by atoms with Crippen LogP contribution in [0.4, 0.5) is 5.82 Å². The molecule has 1 aliphatic rings. The lowest BCUT2D eigenvalue weighted by Gasteiger charge is -2.27. The Morgan fingerprint density at radius 2 is 2.07 bits per heavy atom. The number of aromatic nitrogens is 2. The van der Waals surface area contributed by atoms with Gasteiger partial charge in [0.25, 0.3) is 0 Å². The van der Waals surface area contributed by atoms with E-state index in [4.69, 9.17) is 4.74 Å². The van der Waals surface area contributed by atoms with E-state index in [1.807, 2.05) is 0 Å². The van der Waals surface area contributed by atoms with Gasteiger partial charge < -0.3 is 9.64 Å². The van der Waals surface area contributed by atoms with Crippen molar-refractivity contribution in [1.29, 1.82) is 0 Å². The van der Waals surface area contributed by atoms with Gasteiger partial charge in [-0.2, -0.15) is 0 Å². The summed E-state index contributed by atoms with van der Waals surface area (Å²) in [6.07, 6.45) is 3.79. The van der Waals surface area contributed by atoms with Crippen LogP contribution in [0.25, 0.3) is 0 Å². The average molecular weight is 193 g/mol. The number of nitrogens with zero attached hydrogens (tertiary/aromatic N) is 3. The number of aldehydes is 1. The normalized spacial score (nSPS) is 16.7. The summed E-state index contributed by atoms with van der Waals surface area (Å²) < 4.78 is 5.22. The van der Waals surface area contributed by atoms with Gasteiger partial charge >= 0.3 is 0 Å². The summed E-state index contributed by atoms with van der Waals surface area (Å²) in [5, 5.41) is 0. The van der Waals surface area contributed by atoms with Gasteiger partial charge in [-0.05, 0) is 0 Å². The largest absolute Gasteiger partial charge is 0.378 e. The molecular weight excluding hydrogens is 182 g/mol. The lowest BCUT2D eigenvalue weighted by atomic mass is 10.4. The Kier molecular flexibility index (Phi) is 2.69. The Bertz CT molecular complexity index is 306. The van der Waals surface area contributed by atoms with E-state index in [0.29, 0.717) is 12.0 Å². The highest BCUT2D eigenvalue weighted by molar-refractivity contribution is 5.71. The minimum Gasteiger partial charge on any atom is -0.378 e. The highest BCUT2D eigenvalue weighted by atomic mass is 16.5.